The van der Waals surface area contributed by atoms with E-state index in [1.54, 1.807) is 0 Å². The Labute approximate surface area is 146 Å². The molecule has 2 heterocycles. The van der Waals surface area contributed by atoms with Crippen molar-refractivity contribution in [3.63, 3.8) is 0 Å². The molecule has 1 aliphatic heterocycles. The number of anilines is 4. The Morgan fingerprint density at radius 3 is 2.56 bits per heavy atom. The van der Waals surface area contributed by atoms with Gasteiger partial charge in [-0.25, -0.2) is 9.97 Å². The molecule has 0 saturated heterocycles. The van der Waals surface area contributed by atoms with Crippen molar-refractivity contribution in [1.29, 1.82) is 10.5 Å². The van der Waals surface area contributed by atoms with Crippen LogP contribution in [0.25, 0.3) is 0 Å². The van der Waals surface area contributed by atoms with Gasteiger partial charge in [0, 0.05) is 25.3 Å². The van der Waals surface area contributed by atoms with E-state index in [0.29, 0.717) is 43.3 Å². The predicted octanol–water partition coefficient (Wildman–Crippen LogP) is 2.39. The van der Waals surface area contributed by atoms with Crippen molar-refractivity contribution in [2.45, 2.75) is 19.3 Å². The lowest BCUT2D eigenvalue weighted by Crippen LogP contribution is -2.28. The van der Waals surface area contributed by atoms with Crippen LogP contribution < -0.4 is 15.5 Å². The van der Waals surface area contributed by atoms with E-state index in [-0.39, 0.29) is 0 Å². The van der Waals surface area contributed by atoms with Crippen LogP contribution in [0.3, 0.4) is 0 Å². The van der Waals surface area contributed by atoms with Crippen LogP contribution >= 0.6 is 0 Å². The molecule has 0 atom stereocenters. The van der Waals surface area contributed by atoms with Crippen LogP contribution in [0.1, 0.15) is 18.4 Å². The molecule has 2 N–H and O–H groups in total. The number of nitrogens with two attached hydrogens (primary N) is 1. The molecule has 1 aliphatic rings. The first kappa shape index (κ1) is 16.5. The summed E-state index contributed by atoms with van der Waals surface area (Å²) in [6.07, 6.45) is 3.13. The second-order valence-electron chi connectivity index (χ2n) is 5.77. The summed E-state index contributed by atoms with van der Waals surface area (Å²) in [5.74, 6) is 1.26. The molecule has 0 saturated carbocycles. The van der Waals surface area contributed by atoms with Gasteiger partial charge in [0.05, 0.1) is 25.0 Å². The van der Waals surface area contributed by atoms with Crippen molar-refractivity contribution in [2.75, 3.05) is 35.2 Å². The molecule has 0 unspecified atom stereocenters. The number of hydrogen-bond donors (Lipinski definition) is 1. The first-order valence-electron chi connectivity index (χ1n) is 8.21. The lowest BCUT2D eigenvalue weighted by Gasteiger charge is -2.26. The van der Waals surface area contributed by atoms with E-state index >= 15 is 0 Å². The van der Waals surface area contributed by atoms with Gasteiger partial charge in [-0.3, -0.25) is 0 Å². The minimum atomic E-state index is 0.344. The Bertz CT molecular complexity index is 816. The van der Waals surface area contributed by atoms with E-state index in [0.717, 1.165) is 18.7 Å². The topological polar surface area (TPSA) is 106 Å². The normalized spacial score (nSPS) is 12.3. The summed E-state index contributed by atoms with van der Waals surface area (Å²) in [4.78, 5) is 12.7. The highest BCUT2D eigenvalue weighted by molar-refractivity contribution is 5.81. The first-order valence-corrected chi connectivity index (χ1v) is 8.21. The number of aromatic nitrogens is 2. The molecule has 1 aromatic heterocycles. The number of para-hydroxylation sites is 1. The number of nitrogen functional groups attached to an aromatic ring is 1. The van der Waals surface area contributed by atoms with Crippen LogP contribution in [0.5, 0.6) is 0 Å². The highest BCUT2D eigenvalue weighted by Gasteiger charge is 2.25. The van der Waals surface area contributed by atoms with Crippen molar-refractivity contribution < 1.29 is 0 Å². The molecule has 1 aromatic carbocycles. The van der Waals surface area contributed by atoms with Crippen molar-refractivity contribution in [3.05, 3.63) is 36.2 Å². The van der Waals surface area contributed by atoms with Gasteiger partial charge < -0.3 is 15.5 Å². The Balaban J connectivity index is 1.95. The fourth-order valence-corrected chi connectivity index (χ4v) is 3.10. The summed E-state index contributed by atoms with van der Waals surface area (Å²) in [6.45, 7) is 1.78. The fourth-order valence-electron chi connectivity index (χ4n) is 3.10. The lowest BCUT2D eigenvalue weighted by atomic mass is 10.2. The minimum absolute atomic E-state index is 0.344. The largest absolute Gasteiger partial charge is 0.393 e. The Hall–Kier alpha value is -3.32. The summed E-state index contributed by atoms with van der Waals surface area (Å²) in [5, 5.41) is 17.8. The van der Waals surface area contributed by atoms with Crippen LogP contribution in [-0.2, 0) is 6.42 Å². The van der Waals surface area contributed by atoms with Crippen LogP contribution in [-0.4, -0.2) is 29.6 Å². The second-order valence-corrected chi connectivity index (χ2v) is 5.77. The number of nitrogens with zero attached hydrogens (tertiary/aromatic N) is 6. The van der Waals surface area contributed by atoms with Crippen LogP contribution in [0.15, 0.2) is 30.6 Å². The number of benzene rings is 1. The van der Waals surface area contributed by atoms with Crippen LogP contribution in [0.2, 0.25) is 0 Å². The minimum Gasteiger partial charge on any atom is -0.393 e. The molecule has 0 bridgehead atoms. The second kappa shape index (κ2) is 7.50. The Morgan fingerprint density at radius 1 is 1.12 bits per heavy atom. The summed E-state index contributed by atoms with van der Waals surface area (Å²) >= 11 is 0. The van der Waals surface area contributed by atoms with Gasteiger partial charge in [0.2, 0.25) is 0 Å². The standard InChI is InChI=1S/C18H19N7/c19-8-3-10-24(11-4-9-20)17-16(21)18(23-13-22-17)25-12-7-14-5-1-2-6-15(14)25/h1-2,5-6,13H,3-4,7,10-12,21H2. The van der Waals surface area contributed by atoms with E-state index in [1.165, 1.54) is 11.9 Å². The zero-order chi connectivity index (χ0) is 17.6. The quantitative estimate of drug-likeness (QED) is 0.865. The molecular formula is C18H19N7. The molecule has 0 radical (unpaired) electrons. The molecule has 0 amide bonds. The average molecular weight is 333 g/mol. The monoisotopic (exact) mass is 333 g/mol. The molecule has 126 valence electrons. The Morgan fingerprint density at radius 2 is 1.84 bits per heavy atom. The zero-order valence-corrected chi connectivity index (χ0v) is 13.9. The van der Waals surface area contributed by atoms with Crippen molar-refractivity contribution in [1.82, 2.24) is 9.97 Å². The zero-order valence-electron chi connectivity index (χ0n) is 13.9. The van der Waals surface area contributed by atoms with E-state index in [2.05, 4.69) is 39.1 Å². The summed E-state index contributed by atoms with van der Waals surface area (Å²) < 4.78 is 0. The lowest BCUT2D eigenvalue weighted by molar-refractivity contribution is 0.780. The number of fused-ring (bicyclic) bond motifs is 1. The van der Waals surface area contributed by atoms with Gasteiger partial charge in [0.25, 0.3) is 0 Å². The molecule has 3 rings (SSSR count). The first-order chi connectivity index (χ1) is 12.3. The fraction of sp³-hybridized carbons (Fsp3) is 0.333. The maximum absolute atomic E-state index is 8.88. The number of nitriles is 2. The molecule has 2 aromatic rings. The van der Waals surface area contributed by atoms with Crippen LogP contribution in [0.4, 0.5) is 23.0 Å². The van der Waals surface area contributed by atoms with Crippen molar-refractivity contribution in [2.24, 2.45) is 0 Å². The molecular weight excluding hydrogens is 314 g/mol. The van der Waals surface area contributed by atoms with Gasteiger partial charge in [-0.15, -0.1) is 0 Å². The van der Waals surface area contributed by atoms with E-state index in [4.69, 9.17) is 16.3 Å². The van der Waals surface area contributed by atoms with E-state index in [9.17, 15) is 0 Å². The number of rotatable bonds is 6. The summed E-state index contributed by atoms with van der Waals surface area (Å²) in [5.41, 5.74) is 9.25. The highest BCUT2D eigenvalue weighted by atomic mass is 15.3. The van der Waals surface area contributed by atoms with Gasteiger partial charge in [-0.1, -0.05) is 18.2 Å². The van der Waals surface area contributed by atoms with Gasteiger partial charge >= 0.3 is 0 Å². The van der Waals surface area contributed by atoms with Crippen molar-refractivity contribution in [3.8, 4) is 12.1 Å². The average Bonchev–Trinajstić information content (AvgIpc) is 3.06. The molecule has 7 nitrogen and oxygen atoms in total. The van der Waals surface area contributed by atoms with E-state index in [1.807, 2.05) is 17.0 Å². The molecule has 7 heteroatoms. The SMILES string of the molecule is N#CCCN(CCC#N)c1ncnc(N2CCc3ccccc32)c1N. The third kappa shape index (κ3) is 3.31. The van der Waals surface area contributed by atoms with Gasteiger partial charge in [-0.05, 0) is 18.1 Å². The third-order valence-electron chi connectivity index (χ3n) is 4.27. The smallest absolute Gasteiger partial charge is 0.161 e. The Kier molecular flexibility index (Phi) is 4.96. The van der Waals surface area contributed by atoms with Crippen LogP contribution in [0, 0.1) is 22.7 Å². The summed E-state index contributed by atoms with van der Waals surface area (Å²) in [7, 11) is 0. The maximum atomic E-state index is 8.88. The van der Waals surface area contributed by atoms with Crippen molar-refractivity contribution >= 4 is 23.0 Å². The maximum Gasteiger partial charge on any atom is 0.161 e. The third-order valence-corrected chi connectivity index (χ3v) is 4.27. The van der Waals surface area contributed by atoms with Gasteiger partial charge in [0.1, 0.15) is 12.0 Å². The predicted molar refractivity (Wildman–Crippen MR) is 96.3 cm³/mol. The number of hydrogen-bond acceptors (Lipinski definition) is 7. The van der Waals surface area contributed by atoms with E-state index < -0.39 is 0 Å². The molecule has 0 spiro atoms. The summed E-state index contributed by atoms with van der Waals surface area (Å²) in [6, 6.07) is 12.5. The highest BCUT2D eigenvalue weighted by Crippen LogP contribution is 2.38. The van der Waals surface area contributed by atoms with Gasteiger partial charge in [-0.2, -0.15) is 10.5 Å². The molecule has 25 heavy (non-hydrogen) atoms. The molecule has 0 fully saturated rings. The van der Waals surface area contributed by atoms with Gasteiger partial charge in [0.15, 0.2) is 11.6 Å². The molecule has 0 aliphatic carbocycles.